The van der Waals surface area contributed by atoms with Crippen molar-refractivity contribution in [2.24, 2.45) is 0 Å². The number of nitrogens with one attached hydrogen (secondary N) is 1. The van der Waals surface area contributed by atoms with Crippen molar-refractivity contribution in [3.05, 3.63) is 0 Å². The first-order valence-corrected chi connectivity index (χ1v) is 4.91. The number of hydrogen-bond donors (Lipinski definition) is 2. The van der Waals surface area contributed by atoms with Gasteiger partial charge in [0.05, 0.1) is 12.6 Å². The average molecular weight is 202 g/mol. The standard InChI is InChI=1S/C10H22N2O2/c1-8(12(5)6-7-13)9(14)11-10(2,3)4/h8,13H,6-7H2,1-5H3,(H,11,14). The van der Waals surface area contributed by atoms with Crippen LogP contribution in [0.4, 0.5) is 0 Å². The van der Waals surface area contributed by atoms with Crippen molar-refractivity contribution in [1.29, 1.82) is 0 Å². The van der Waals surface area contributed by atoms with Crippen LogP contribution in [0.1, 0.15) is 27.7 Å². The molecule has 0 bridgehead atoms. The molecule has 1 unspecified atom stereocenters. The molecule has 2 N–H and O–H groups in total. The molecule has 0 aliphatic heterocycles. The second kappa shape index (κ2) is 5.32. The fourth-order valence-electron chi connectivity index (χ4n) is 1.03. The summed E-state index contributed by atoms with van der Waals surface area (Å²) in [6.45, 7) is 8.26. The van der Waals surface area contributed by atoms with Gasteiger partial charge in [-0.05, 0) is 34.7 Å². The fourth-order valence-corrected chi connectivity index (χ4v) is 1.03. The molecule has 0 rings (SSSR count). The molecule has 1 atom stereocenters. The van der Waals surface area contributed by atoms with E-state index in [-0.39, 0.29) is 24.1 Å². The van der Waals surface area contributed by atoms with Crippen LogP contribution in [0.15, 0.2) is 0 Å². The van der Waals surface area contributed by atoms with Crippen molar-refractivity contribution in [2.75, 3.05) is 20.2 Å². The van der Waals surface area contributed by atoms with Gasteiger partial charge in [0.2, 0.25) is 5.91 Å². The molecule has 14 heavy (non-hydrogen) atoms. The maximum absolute atomic E-state index is 11.6. The molecule has 1 amide bonds. The van der Waals surface area contributed by atoms with Gasteiger partial charge in [-0.3, -0.25) is 9.69 Å². The third-order valence-corrected chi connectivity index (χ3v) is 1.99. The van der Waals surface area contributed by atoms with E-state index >= 15 is 0 Å². The van der Waals surface area contributed by atoms with Crippen molar-refractivity contribution in [1.82, 2.24) is 10.2 Å². The van der Waals surface area contributed by atoms with Crippen LogP contribution in [0.3, 0.4) is 0 Å². The average Bonchev–Trinajstić information content (AvgIpc) is 2.00. The topological polar surface area (TPSA) is 52.6 Å². The SMILES string of the molecule is CC(C(=O)NC(C)(C)C)N(C)CCO. The highest BCUT2D eigenvalue weighted by molar-refractivity contribution is 5.81. The Labute approximate surface area is 86.3 Å². The minimum absolute atomic E-state index is 0.00606. The normalized spacial score (nSPS) is 14.2. The van der Waals surface area contributed by atoms with Gasteiger partial charge in [0.15, 0.2) is 0 Å². The number of nitrogens with zero attached hydrogens (tertiary/aromatic N) is 1. The molecule has 84 valence electrons. The zero-order valence-corrected chi connectivity index (χ0v) is 9.79. The predicted molar refractivity (Wildman–Crippen MR) is 57.1 cm³/mol. The summed E-state index contributed by atoms with van der Waals surface area (Å²) in [5.74, 6) is -0.00606. The van der Waals surface area contributed by atoms with E-state index < -0.39 is 0 Å². The number of amides is 1. The van der Waals surface area contributed by atoms with E-state index in [1.54, 1.807) is 0 Å². The lowest BCUT2D eigenvalue weighted by atomic mass is 10.1. The molecule has 0 aliphatic carbocycles. The first-order chi connectivity index (χ1) is 6.28. The van der Waals surface area contributed by atoms with Crippen molar-refractivity contribution in [3.8, 4) is 0 Å². The zero-order valence-electron chi connectivity index (χ0n) is 9.79. The van der Waals surface area contributed by atoms with E-state index in [4.69, 9.17) is 5.11 Å². The van der Waals surface area contributed by atoms with Crippen molar-refractivity contribution < 1.29 is 9.90 Å². The van der Waals surface area contributed by atoms with E-state index in [0.717, 1.165) is 0 Å². The second-order valence-electron chi connectivity index (χ2n) is 4.62. The number of rotatable bonds is 4. The van der Waals surface area contributed by atoms with E-state index in [1.807, 2.05) is 39.6 Å². The van der Waals surface area contributed by atoms with Crippen LogP contribution < -0.4 is 5.32 Å². The molecule has 0 heterocycles. The summed E-state index contributed by atoms with van der Waals surface area (Å²) in [6, 6.07) is -0.207. The molecule has 0 aromatic rings. The van der Waals surface area contributed by atoms with Crippen LogP contribution in [-0.2, 0) is 4.79 Å². The Kier molecular flexibility index (Phi) is 5.08. The monoisotopic (exact) mass is 202 g/mol. The number of likely N-dealkylation sites (N-methyl/N-ethyl adjacent to an activating group) is 1. The third kappa shape index (κ3) is 5.19. The van der Waals surface area contributed by atoms with Crippen LogP contribution in [-0.4, -0.2) is 47.7 Å². The molecule has 0 fully saturated rings. The number of aliphatic hydroxyl groups excluding tert-OH is 1. The molecular weight excluding hydrogens is 180 g/mol. The summed E-state index contributed by atoms with van der Waals surface area (Å²) in [4.78, 5) is 13.5. The molecular formula is C10H22N2O2. The van der Waals surface area contributed by atoms with E-state index in [9.17, 15) is 4.79 Å². The van der Waals surface area contributed by atoms with Crippen LogP contribution in [0.25, 0.3) is 0 Å². The number of hydrogen-bond acceptors (Lipinski definition) is 3. The van der Waals surface area contributed by atoms with Crippen LogP contribution in [0.5, 0.6) is 0 Å². The largest absolute Gasteiger partial charge is 0.395 e. The Bertz CT molecular complexity index is 187. The number of carbonyl (C=O) groups is 1. The van der Waals surface area contributed by atoms with Crippen molar-refractivity contribution in [3.63, 3.8) is 0 Å². The molecule has 0 aromatic carbocycles. The molecule has 0 aromatic heterocycles. The Morgan fingerprint density at radius 3 is 2.36 bits per heavy atom. The van der Waals surface area contributed by atoms with E-state index in [2.05, 4.69) is 5.32 Å². The summed E-state index contributed by atoms with van der Waals surface area (Å²) < 4.78 is 0. The summed E-state index contributed by atoms with van der Waals surface area (Å²) in [7, 11) is 1.82. The second-order valence-corrected chi connectivity index (χ2v) is 4.62. The Morgan fingerprint density at radius 2 is 2.00 bits per heavy atom. The van der Waals surface area contributed by atoms with Gasteiger partial charge in [-0.2, -0.15) is 0 Å². The highest BCUT2D eigenvalue weighted by Crippen LogP contribution is 2.02. The lowest BCUT2D eigenvalue weighted by molar-refractivity contribution is -0.127. The summed E-state index contributed by atoms with van der Waals surface area (Å²) >= 11 is 0. The fraction of sp³-hybridized carbons (Fsp3) is 0.900. The predicted octanol–water partition coefficient (Wildman–Crippen LogP) is 0.214. The Hall–Kier alpha value is -0.610. The molecule has 0 saturated heterocycles. The lowest BCUT2D eigenvalue weighted by Gasteiger charge is -2.27. The van der Waals surface area contributed by atoms with Crippen LogP contribution in [0, 0.1) is 0 Å². The van der Waals surface area contributed by atoms with Crippen molar-refractivity contribution >= 4 is 5.91 Å². The molecule has 0 radical (unpaired) electrons. The lowest BCUT2D eigenvalue weighted by Crippen LogP contribution is -2.50. The first-order valence-electron chi connectivity index (χ1n) is 4.91. The smallest absolute Gasteiger partial charge is 0.237 e. The van der Waals surface area contributed by atoms with Crippen LogP contribution >= 0.6 is 0 Å². The van der Waals surface area contributed by atoms with E-state index in [1.165, 1.54) is 0 Å². The maximum atomic E-state index is 11.6. The molecule has 0 spiro atoms. The Morgan fingerprint density at radius 1 is 1.50 bits per heavy atom. The number of aliphatic hydroxyl groups is 1. The number of carbonyl (C=O) groups excluding carboxylic acids is 1. The summed E-state index contributed by atoms with van der Waals surface area (Å²) in [6.07, 6.45) is 0. The summed E-state index contributed by atoms with van der Waals surface area (Å²) in [5, 5.41) is 11.6. The van der Waals surface area contributed by atoms with Gasteiger partial charge >= 0.3 is 0 Å². The van der Waals surface area contributed by atoms with Gasteiger partial charge in [-0.15, -0.1) is 0 Å². The highest BCUT2D eigenvalue weighted by Gasteiger charge is 2.21. The first kappa shape index (κ1) is 13.4. The van der Waals surface area contributed by atoms with Gasteiger partial charge < -0.3 is 10.4 Å². The minimum atomic E-state index is -0.207. The molecule has 0 aliphatic rings. The Balaban J connectivity index is 4.12. The van der Waals surface area contributed by atoms with Gasteiger partial charge in [0.1, 0.15) is 0 Å². The van der Waals surface area contributed by atoms with Gasteiger partial charge in [-0.1, -0.05) is 0 Å². The zero-order chi connectivity index (χ0) is 11.4. The molecule has 4 heteroatoms. The quantitative estimate of drug-likeness (QED) is 0.685. The molecule has 0 saturated carbocycles. The summed E-state index contributed by atoms with van der Waals surface area (Å²) in [5.41, 5.74) is -0.203. The van der Waals surface area contributed by atoms with Gasteiger partial charge in [-0.25, -0.2) is 0 Å². The van der Waals surface area contributed by atoms with Gasteiger partial charge in [0.25, 0.3) is 0 Å². The van der Waals surface area contributed by atoms with Crippen LogP contribution in [0.2, 0.25) is 0 Å². The van der Waals surface area contributed by atoms with E-state index in [0.29, 0.717) is 6.54 Å². The third-order valence-electron chi connectivity index (χ3n) is 1.99. The minimum Gasteiger partial charge on any atom is -0.395 e. The van der Waals surface area contributed by atoms with Gasteiger partial charge in [0, 0.05) is 12.1 Å². The van der Waals surface area contributed by atoms with Crippen molar-refractivity contribution in [2.45, 2.75) is 39.3 Å². The maximum Gasteiger partial charge on any atom is 0.237 e. The highest BCUT2D eigenvalue weighted by atomic mass is 16.3. The molecule has 4 nitrogen and oxygen atoms in total.